The summed E-state index contributed by atoms with van der Waals surface area (Å²) >= 11 is 2.52. The third-order valence-electron chi connectivity index (χ3n) is 3.03. The van der Waals surface area contributed by atoms with Gasteiger partial charge in [0.2, 0.25) is 16.9 Å². The molecule has 140 valence electrons. The van der Waals surface area contributed by atoms with Crippen molar-refractivity contribution in [2.75, 3.05) is 23.0 Å². The van der Waals surface area contributed by atoms with Gasteiger partial charge in [-0.3, -0.25) is 9.59 Å². The first-order chi connectivity index (χ1) is 12.5. The van der Waals surface area contributed by atoms with Crippen LogP contribution in [0, 0.1) is 5.92 Å². The van der Waals surface area contributed by atoms with Crippen LogP contribution in [-0.2, 0) is 9.59 Å². The summed E-state index contributed by atoms with van der Waals surface area (Å²) in [7, 11) is 0. The van der Waals surface area contributed by atoms with Gasteiger partial charge in [-0.15, -0.1) is 10.2 Å². The summed E-state index contributed by atoms with van der Waals surface area (Å²) < 4.78 is 6.11. The maximum absolute atomic E-state index is 12.1. The summed E-state index contributed by atoms with van der Waals surface area (Å²) in [6.07, 6.45) is 0.434. The van der Waals surface area contributed by atoms with Gasteiger partial charge in [-0.25, -0.2) is 0 Å². The molecule has 0 fully saturated rings. The van der Waals surface area contributed by atoms with E-state index in [1.165, 1.54) is 23.1 Å². The molecule has 2 rings (SSSR count). The molecule has 7 nitrogen and oxygen atoms in total. The molecule has 0 saturated heterocycles. The van der Waals surface area contributed by atoms with Gasteiger partial charge in [-0.1, -0.05) is 49.1 Å². The van der Waals surface area contributed by atoms with Gasteiger partial charge >= 0.3 is 0 Å². The second-order valence-corrected chi connectivity index (χ2v) is 7.99. The van der Waals surface area contributed by atoms with Gasteiger partial charge in [-0.05, 0) is 25.0 Å². The van der Waals surface area contributed by atoms with Crippen molar-refractivity contribution in [2.24, 2.45) is 5.92 Å². The number of rotatable bonds is 9. The predicted molar refractivity (Wildman–Crippen MR) is 105 cm³/mol. The lowest BCUT2D eigenvalue weighted by atomic mass is 10.1. The Balaban J connectivity index is 1.84. The van der Waals surface area contributed by atoms with E-state index in [4.69, 9.17) is 4.74 Å². The van der Waals surface area contributed by atoms with Gasteiger partial charge in [0, 0.05) is 6.42 Å². The largest absolute Gasteiger partial charge is 0.492 e. The highest BCUT2D eigenvalue weighted by Gasteiger charge is 2.12. The average Bonchev–Trinajstić information content (AvgIpc) is 3.01. The first-order valence-electron chi connectivity index (χ1n) is 8.25. The molecule has 0 radical (unpaired) electrons. The highest BCUT2D eigenvalue weighted by atomic mass is 32.2. The second-order valence-electron chi connectivity index (χ2n) is 5.79. The molecule has 0 aliphatic rings. The van der Waals surface area contributed by atoms with E-state index in [-0.39, 0.29) is 23.5 Å². The Morgan fingerprint density at radius 1 is 1.19 bits per heavy atom. The lowest BCUT2D eigenvalue weighted by Gasteiger charge is -2.10. The van der Waals surface area contributed by atoms with Crippen LogP contribution in [0.2, 0.25) is 0 Å². The molecule has 9 heteroatoms. The number of para-hydroxylation sites is 2. The van der Waals surface area contributed by atoms with Crippen LogP contribution in [-0.4, -0.2) is 34.4 Å². The number of carbonyl (C=O) groups is 2. The van der Waals surface area contributed by atoms with E-state index in [0.717, 1.165) is 0 Å². The predicted octanol–water partition coefficient (Wildman–Crippen LogP) is 3.65. The first-order valence-corrected chi connectivity index (χ1v) is 10.1. The van der Waals surface area contributed by atoms with E-state index in [9.17, 15) is 9.59 Å². The molecule has 2 amide bonds. The van der Waals surface area contributed by atoms with Gasteiger partial charge in [0.15, 0.2) is 4.34 Å². The van der Waals surface area contributed by atoms with E-state index in [1.54, 1.807) is 6.07 Å². The van der Waals surface area contributed by atoms with Crippen molar-refractivity contribution in [2.45, 2.75) is 31.5 Å². The van der Waals surface area contributed by atoms with Gasteiger partial charge in [0.1, 0.15) is 5.75 Å². The monoisotopic (exact) mass is 394 g/mol. The molecule has 2 N–H and O–H groups in total. The third kappa shape index (κ3) is 6.64. The second kappa shape index (κ2) is 10.1. The number of ether oxygens (including phenoxy) is 1. The smallest absolute Gasteiger partial charge is 0.234 e. The van der Waals surface area contributed by atoms with E-state index in [0.29, 0.717) is 33.9 Å². The molecule has 0 unspecified atom stereocenters. The number of amides is 2. The first kappa shape index (κ1) is 20.2. The zero-order chi connectivity index (χ0) is 18.9. The number of benzene rings is 1. The number of thioether (sulfide) groups is 1. The number of anilines is 2. The van der Waals surface area contributed by atoms with Crippen molar-refractivity contribution in [3.05, 3.63) is 24.3 Å². The normalized spacial score (nSPS) is 10.6. The summed E-state index contributed by atoms with van der Waals surface area (Å²) in [5, 5.41) is 13.9. The molecular formula is C17H22N4O3S2. The molecule has 2 aromatic rings. The molecule has 26 heavy (non-hydrogen) atoms. The van der Waals surface area contributed by atoms with Crippen molar-refractivity contribution in [1.82, 2.24) is 10.2 Å². The molecule has 0 aliphatic carbocycles. The molecule has 0 atom stereocenters. The zero-order valence-corrected chi connectivity index (χ0v) is 16.6. The van der Waals surface area contributed by atoms with Crippen LogP contribution < -0.4 is 15.4 Å². The van der Waals surface area contributed by atoms with E-state index in [1.807, 2.05) is 39.0 Å². The van der Waals surface area contributed by atoms with Crippen molar-refractivity contribution in [3.63, 3.8) is 0 Å². The van der Waals surface area contributed by atoms with Crippen molar-refractivity contribution in [1.29, 1.82) is 0 Å². The maximum Gasteiger partial charge on any atom is 0.234 e. The Kier molecular flexibility index (Phi) is 7.86. The molecule has 0 saturated carbocycles. The number of nitrogens with zero attached hydrogens (tertiary/aromatic N) is 2. The maximum atomic E-state index is 12.1. The summed E-state index contributed by atoms with van der Waals surface area (Å²) in [6, 6.07) is 7.29. The summed E-state index contributed by atoms with van der Waals surface area (Å²) in [6.45, 7) is 6.37. The molecule has 1 aromatic carbocycles. The van der Waals surface area contributed by atoms with Crippen LogP contribution in [0.15, 0.2) is 28.6 Å². The summed E-state index contributed by atoms with van der Waals surface area (Å²) in [5.74, 6) is 0.856. The number of hydrogen-bond acceptors (Lipinski definition) is 7. The Labute approximate surface area is 160 Å². The Morgan fingerprint density at radius 3 is 2.69 bits per heavy atom. The third-order valence-corrected chi connectivity index (χ3v) is 5.01. The summed E-state index contributed by atoms with van der Waals surface area (Å²) in [4.78, 5) is 23.9. The number of nitrogens with one attached hydrogen (secondary N) is 2. The van der Waals surface area contributed by atoms with Crippen LogP contribution in [0.25, 0.3) is 0 Å². The molecule has 0 spiro atoms. The summed E-state index contributed by atoms with van der Waals surface area (Å²) in [5.41, 5.74) is 0.638. The minimum Gasteiger partial charge on any atom is -0.492 e. The van der Waals surface area contributed by atoms with Crippen LogP contribution in [0.3, 0.4) is 0 Å². The van der Waals surface area contributed by atoms with Crippen LogP contribution in [0.5, 0.6) is 5.75 Å². The number of hydrogen-bond donors (Lipinski definition) is 2. The van der Waals surface area contributed by atoms with Gasteiger partial charge in [0.05, 0.1) is 18.0 Å². The number of aromatic nitrogens is 2. The highest BCUT2D eigenvalue weighted by molar-refractivity contribution is 8.01. The fourth-order valence-electron chi connectivity index (χ4n) is 2.02. The SMILES string of the molecule is CCOc1ccccc1NC(=O)CSc1nnc(NC(=O)CC(C)C)s1. The fourth-order valence-corrected chi connectivity index (χ4v) is 3.59. The topological polar surface area (TPSA) is 93.2 Å². The number of carbonyl (C=O) groups excluding carboxylic acids is 2. The lowest BCUT2D eigenvalue weighted by molar-refractivity contribution is -0.117. The quantitative estimate of drug-likeness (QED) is 0.498. The lowest BCUT2D eigenvalue weighted by Crippen LogP contribution is -2.14. The average molecular weight is 395 g/mol. The van der Waals surface area contributed by atoms with Gasteiger partial charge in [0.25, 0.3) is 0 Å². The Morgan fingerprint density at radius 2 is 1.96 bits per heavy atom. The van der Waals surface area contributed by atoms with Crippen molar-refractivity contribution in [3.8, 4) is 5.75 Å². The van der Waals surface area contributed by atoms with Crippen LogP contribution >= 0.6 is 23.1 Å². The molecule has 0 bridgehead atoms. The van der Waals surface area contributed by atoms with Crippen LogP contribution in [0.4, 0.5) is 10.8 Å². The van der Waals surface area contributed by atoms with E-state index >= 15 is 0 Å². The van der Waals surface area contributed by atoms with Crippen molar-refractivity contribution < 1.29 is 14.3 Å². The Hall–Kier alpha value is -2.13. The molecule has 0 aliphatic heterocycles. The van der Waals surface area contributed by atoms with Crippen LogP contribution in [0.1, 0.15) is 27.2 Å². The molecule has 1 heterocycles. The minimum atomic E-state index is -0.164. The van der Waals surface area contributed by atoms with E-state index in [2.05, 4.69) is 20.8 Å². The fraction of sp³-hybridized carbons (Fsp3) is 0.412. The highest BCUT2D eigenvalue weighted by Crippen LogP contribution is 2.27. The standard InChI is InChI=1S/C17H22N4O3S2/c1-4-24-13-8-6-5-7-12(13)18-15(23)10-25-17-21-20-16(26-17)19-14(22)9-11(2)3/h5-8,11H,4,9-10H2,1-3H3,(H,18,23)(H,19,20,22). The molecule has 1 aromatic heterocycles. The minimum absolute atomic E-state index is 0.0852. The van der Waals surface area contributed by atoms with E-state index < -0.39 is 0 Å². The van der Waals surface area contributed by atoms with Gasteiger partial charge < -0.3 is 15.4 Å². The zero-order valence-electron chi connectivity index (χ0n) is 14.9. The Bertz CT molecular complexity index is 749. The van der Waals surface area contributed by atoms with Crippen molar-refractivity contribution >= 4 is 45.7 Å². The molecular weight excluding hydrogens is 372 g/mol. The van der Waals surface area contributed by atoms with Gasteiger partial charge in [-0.2, -0.15) is 0 Å².